The number of para-hydroxylation sites is 2. The normalized spacial score (nSPS) is 12.9. The maximum Gasteiger partial charge on any atom is 0.169 e. The molecule has 0 bridgehead atoms. The Kier molecular flexibility index (Phi) is 6.73. The molecule has 5 nitrogen and oxygen atoms in total. The molecule has 0 unspecified atom stereocenters. The van der Waals surface area contributed by atoms with Crippen LogP contribution >= 0.6 is 12.2 Å². The molecule has 5 aromatic rings. The first kappa shape index (κ1) is 24.4. The second-order valence-electron chi connectivity index (χ2n) is 9.88. The van der Waals surface area contributed by atoms with Crippen LogP contribution in [0.1, 0.15) is 48.0 Å². The Morgan fingerprint density at radius 3 is 2.50 bits per heavy atom. The number of anilines is 1. The monoisotopic (exact) mass is 520 g/mol. The van der Waals surface area contributed by atoms with Gasteiger partial charge in [-0.05, 0) is 67.5 Å². The van der Waals surface area contributed by atoms with Gasteiger partial charge in [0.15, 0.2) is 5.82 Å². The molecule has 1 aliphatic heterocycles. The zero-order valence-corrected chi connectivity index (χ0v) is 22.7. The van der Waals surface area contributed by atoms with Crippen LogP contribution in [0.5, 0.6) is 5.75 Å². The Bertz CT molecular complexity index is 1600. The number of ether oxygens (including phenoxy) is 1. The smallest absolute Gasteiger partial charge is 0.169 e. The van der Waals surface area contributed by atoms with E-state index in [4.69, 9.17) is 22.1 Å². The van der Waals surface area contributed by atoms with Crippen molar-refractivity contribution in [3.8, 4) is 16.9 Å². The predicted octanol–water partition coefficient (Wildman–Crippen LogP) is 7.38. The summed E-state index contributed by atoms with van der Waals surface area (Å²) < 4.78 is 10.6. The molecule has 0 saturated heterocycles. The molecule has 0 saturated carbocycles. The van der Waals surface area contributed by atoms with E-state index >= 15 is 0 Å². The summed E-state index contributed by atoms with van der Waals surface area (Å²) >= 11 is 6.12. The molecule has 0 spiro atoms. The fraction of sp³-hybridized carbons (Fsp3) is 0.250. The molecule has 0 amide bonds. The minimum atomic E-state index is 0.406. The van der Waals surface area contributed by atoms with E-state index in [1.54, 1.807) is 0 Å². The highest BCUT2D eigenvalue weighted by Crippen LogP contribution is 2.37. The van der Waals surface area contributed by atoms with Crippen LogP contribution in [0.4, 0.5) is 5.69 Å². The van der Waals surface area contributed by atoms with Crippen molar-refractivity contribution < 1.29 is 4.74 Å². The van der Waals surface area contributed by atoms with Crippen LogP contribution in [0.3, 0.4) is 0 Å². The maximum atomic E-state index is 6.15. The van der Waals surface area contributed by atoms with Crippen LogP contribution in [0.15, 0.2) is 78.9 Å². The molecule has 0 fully saturated rings. The van der Waals surface area contributed by atoms with Gasteiger partial charge >= 0.3 is 0 Å². The second kappa shape index (κ2) is 10.5. The predicted molar refractivity (Wildman–Crippen MR) is 158 cm³/mol. The van der Waals surface area contributed by atoms with E-state index in [1.165, 1.54) is 22.3 Å². The Hall–Kier alpha value is -3.90. The highest BCUT2D eigenvalue weighted by Gasteiger charge is 2.29. The third-order valence-electron chi connectivity index (χ3n) is 7.43. The lowest BCUT2D eigenvalue weighted by atomic mass is 9.96. The third-order valence-corrected chi connectivity index (χ3v) is 7.73. The minimum Gasteiger partial charge on any atom is -0.486 e. The number of aryl methyl sites for hydroxylation is 4. The van der Waals surface area contributed by atoms with Gasteiger partial charge in [-0.15, -0.1) is 5.10 Å². The second-order valence-corrected chi connectivity index (χ2v) is 10.3. The molecule has 192 valence electrons. The molecular weight excluding hydrogens is 488 g/mol. The summed E-state index contributed by atoms with van der Waals surface area (Å²) in [5.41, 5.74) is 9.25. The lowest BCUT2D eigenvalue weighted by Gasteiger charge is -2.13. The Labute approximate surface area is 229 Å². The molecule has 2 aromatic heterocycles. The number of hydrogen-bond acceptors (Lipinski definition) is 3. The third kappa shape index (κ3) is 4.50. The van der Waals surface area contributed by atoms with Crippen LogP contribution in [0.2, 0.25) is 0 Å². The number of thiocarbonyl (C=S) groups is 1. The van der Waals surface area contributed by atoms with Crippen molar-refractivity contribution in [2.45, 2.75) is 52.7 Å². The SMILES string of the molecule is CCc1ccc(-c2c3c4n(c(COc5ccccc5)nn4c2C(=S)Nc2ccccc2C)CCCC3)cc1. The van der Waals surface area contributed by atoms with E-state index in [0.29, 0.717) is 11.6 Å². The first-order valence-electron chi connectivity index (χ1n) is 13.4. The van der Waals surface area contributed by atoms with Crippen molar-refractivity contribution in [2.24, 2.45) is 0 Å². The van der Waals surface area contributed by atoms with Crippen LogP contribution in [-0.4, -0.2) is 19.2 Å². The summed E-state index contributed by atoms with van der Waals surface area (Å²) in [5.74, 6) is 1.76. The van der Waals surface area contributed by atoms with Gasteiger partial charge in [-0.1, -0.05) is 79.8 Å². The van der Waals surface area contributed by atoms with Crippen molar-refractivity contribution in [1.82, 2.24) is 14.2 Å². The van der Waals surface area contributed by atoms with E-state index in [0.717, 1.165) is 66.4 Å². The van der Waals surface area contributed by atoms with E-state index in [1.807, 2.05) is 42.5 Å². The quantitative estimate of drug-likeness (QED) is 0.228. The molecule has 0 atom stereocenters. The van der Waals surface area contributed by atoms with Crippen molar-refractivity contribution in [1.29, 1.82) is 0 Å². The minimum absolute atomic E-state index is 0.406. The molecule has 0 radical (unpaired) electrons. The van der Waals surface area contributed by atoms with Gasteiger partial charge < -0.3 is 14.6 Å². The van der Waals surface area contributed by atoms with Gasteiger partial charge in [0.2, 0.25) is 0 Å². The molecule has 6 heteroatoms. The highest BCUT2D eigenvalue weighted by molar-refractivity contribution is 7.81. The number of aromatic nitrogens is 3. The number of nitrogens with one attached hydrogen (secondary N) is 1. The summed E-state index contributed by atoms with van der Waals surface area (Å²) in [6.07, 6.45) is 4.24. The van der Waals surface area contributed by atoms with Crippen molar-refractivity contribution in [3.63, 3.8) is 0 Å². The topological polar surface area (TPSA) is 43.5 Å². The number of hydrogen-bond donors (Lipinski definition) is 1. The Balaban J connectivity index is 1.51. The van der Waals surface area contributed by atoms with Crippen molar-refractivity contribution in [2.75, 3.05) is 5.32 Å². The van der Waals surface area contributed by atoms with Gasteiger partial charge in [0.25, 0.3) is 0 Å². The first-order valence-corrected chi connectivity index (χ1v) is 13.8. The van der Waals surface area contributed by atoms with E-state index < -0.39 is 0 Å². The molecule has 1 N–H and O–H groups in total. The van der Waals surface area contributed by atoms with E-state index in [-0.39, 0.29) is 0 Å². The van der Waals surface area contributed by atoms with Gasteiger partial charge in [-0.2, -0.15) is 0 Å². The molecular formula is C32H32N4OS. The number of nitrogens with zero attached hydrogens (tertiary/aromatic N) is 3. The van der Waals surface area contributed by atoms with Crippen LogP contribution in [0, 0.1) is 6.92 Å². The van der Waals surface area contributed by atoms with Crippen molar-refractivity contribution in [3.05, 3.63) is 107 Å². The largest absolute Gasteiger partial charge is 0.486 e. The van der Waals surface area contributed by atoms with Crippen LogP contribution in [0.25, 0.3) is 16.8 Å². The number of rotatable bonds is 7. The highest BCUT2D eigenvalue weighted by atomic mass is 32.1. The molecule has 6 rings (SSSR count). The molecule has 38 heavy (non-hydrogen) atoms. The fourth-order valence-electron chi connectivity index (χ4n) is 5.40. The summed E-state index contributed by atoms with van der Waals surface area (Å²) in [6.45, 7) is 5.61. The lowest BCUT2D eigenvalue weighted by Crippen LogP contribution is -2.15. The summed E-state index contributed by atoms with van der Waals surface area (Å²) in [7, 11) is 0. The Morgan fingerprint density at radius 1 is 0.974 bits per heavy atom. The molecule has 3 aromatic carbocycles. The van der Waals surface area contributed by atoms with Crippen molar-refractivity contribution >= 4 is 28.5 Å². The van der Waals surface area contributed by atoms with Gasteiger partial charge in [0.1, 0.15) is 28.7 Å². The van der Waals surface area contributed by atoms with E-state index in [9.17, 15) is 0 Å². The fourth-order valence-corrected chi connectivity index (χ4v) is 5.70. The van der Waals surface area contributed by atoms with Gasteiger partial charge in [0.05, 0.1) is 0 Å². The van der Waals surface area contributed by atoms with E-state index in [2.05, 4.69) is 64.6 Å². The van der Waals surface area contributed by atoms with Gasteiger partial charge in [-0.25, -0.2) is 4.52 Å². The van der Waals surface area contributed by atoms with Gasteiger partial charge in [-0.3, -0.25) is 0 Å². The summed E-state index contributed by atoms with van der Waals surface area (Å²) in [4.78, 5) is 0.677. The number of benzene rings is 3. The first-order chi connectivity index (χ1) is 18.6. The average Bonchev–Trinajstić information content (AvgIpc) is 3.35. The summed E-state index contributed by atoms with van der Waals surface area (Å²) in [6, 6.07) is 27.1. The Morgan fingerprint density at radius 2 is 1.74 bits per heavy atom. The standard InChI is InChI=1S/C32H32N4OS/c1-3-23-16-18-24(19-17-23)29-26-14-9-10-20-35-28(21-37-25-12-5-4-6-13-25)34-36(32(26)35)30(29)31(38)33-27-15-8-7-11-22(27)2/h4-8,11-13,15-19H,3,9-10,14,20-21H2,1-2H3,(H,33,38). The maximum absolute atomic E-state index is 6.15. The lowest BCUT2D eigenvalue weighted by molar-refractivity contribution is 0.288. The molecule has 1 aliphatic rings. The van der Waals surface area contributed by atoms with Gasteiger partial charge in [0, 0.05) is 23.4 Å². The summed E-state index contributed by atoms with van der Waals surface area (Å²) in [5, 5.41) is 8.67. The van der Waals surface area contributed by atoms with Crippen LogP contribution in [-0.2, 0) is 26.0 Å². The average molecular weight is 521 g/mol. The molecule has 0 aliphatic carbocycles. The zero-order valence-electron chi connectivity index (χ0n) is 21.9. The zero-order chi connectivity index (χ0) is 26.1. The molecule has 3 heterocycles. The van der Waals surface area contributed by atoms with Crippen LogP contribution < -0.4 is 10.1 Å².